The molecule has 0 saturated heterocycles. The minimum atomic E-state index is -0.904. The Morgan fingerprint density at radius 1 is 1.11 bits per heavy atom. The van der Waals surface area contributed by atoms with E-state index in [0.29, 0.717) is 16.3 Å². The fourth-order valence-electron chi connectivity index (χ4n) is 4.58. The predicted octanol–water partition coefficient (Wildman–Crippen LogP) is 5.84. The highest BCUT2D eigenvalue weighted by atomic mass is 32.1. The zero-order valence-corrected chi connectivity index (χ0v) is 19.7. The highest BCUT2D eigenvalue weighted by molar-refractivity contribution is 7.22. The second-order valence-electron chi connectivity index (χ2n) is 8.53. The number of nitrogens with zero attached hydrogens (tertiary/aromatic N) is 3. The summed E-state index contributed by atoms with van der Waals surface area (Å²) in [4.78, 5) is 37.4. The summed E-state index contributed by atoms with van der Waals surface area (Å²) in [5, 5.41) is 12.1. The third-order valence-electron chi connectivity index (χ3n) is 6.13. The van der Waals surface area contributed by atoms with Gasteiger partial charge < -0.3 is 9.52 Å². The van der Waals surface area contributed by atoms with Crippen LogP contribution in [-0.4, -0.2) is 26.8 Å². The molecular weight excluding hydrogens is 462 g/mol. The molecule has 172 valence electrons. The summed E-state index contributed by atoms with van der Waals surface area (Å²) in [6.45, 7) is 3.97. The number of fused-ring (bicyclic) bond motifs is 2. The number of aryl methyl sites for hydroxylation is 2. The number of aliphatic hydroxyl groups is 1. The van der Waals surface area contributed by atoms with Crippen molar-refractivity contribution in [3.63, 3.8) is 0 Å². The van der Waals surface area contributed by atoms with E-state index in [-0.39, 0.29) is 11.3 Å². The molecule has 2 aromatic carbocycles. The quantitative estimate of drug-likeness (QED) is 0.324. The van der Waals surface area contributed by atoms with Crippen LogP contribution in [0.5, 0.6) is 0 Å². The van der Waals surface area contributed by atoms with Gasteiger partial charge in [0.2, 0.25) is 5.78 Å². The van der Waals surface area contributed by atoms with E-state index in [1.54, 1.807) is 36.7 Å². The molecule has 0 spiro atoms. The van der Waals surface area contributed by atoms with E-state index >= 15 is 0 Å². The van der Waals surface area contributed by atoms with E-state index in [9.17, 15) is 14.7 Å². The lowest BCUT2D eigenvalue weighted by Crippen LogP contribution is -2.31. The number of rotatable bonds is 4. The van der Waals surface area contributed by atoms with Crippen LogP contribution in [-0.2, 0) is 4.79 Å². The Morgan fingerprint density at radius 3 is 2.71 bits per heavy atom. The number of amides is 1. The number of para-hydroxylation sites is 1. The Kier molecular flexibility index (Phi) is 4.79. The van der Waals surface area contributed by atoms with E-state index in [2.05, 4.69) is 4.98 Å². The smallest absolute Gasteiger partial charge is 0.296 e. The van der Waals surface area contributed by atoms with Gasteiger partial charge in [-0.15, -0.1) is 0 Å². The number of hydrogen-bond acceptors (Lipinski definition) is 7. The van der Waals surface area contributed by atoms with Gasteiger partial charge in [0, 0.05) is 17.8 Å². The highest BCUT2D eigenvalue weighted by Crippen LogP contribution is 2.44. The lowest BCUT2D eigenvalue weighted by Gasteiger charge is -2.23. The standard InChI is InChI=1S/C27H19N3O4S/c1-14-10-15(2)22-20(11-14)35-27(29-22)30-23(17-7-5-9-28-13-17)21(25(32)26(30)33)24(31)19-12-16-6-3-4-8-18(16)34-19/h3-13,23,32H,1-2H3. The van der Waals surface area contributed by atoms with Gasteiger partial charge in [0.25, 0.3) is 5.91 Å². The number of benzene rings is 2. The van der Waals surface area contributed by atoms with Gasteiger partial charge in [-0.05, 0) is 54.8 Å². The Hall–Kier alpha value is -4.30. The molecule has 35 heavy (non-hydrogen) atoms. The first-order chi connectivity index (χ1) is 16.9. The van der Waals surface area contributed by atoms with Crippen molar-refractivity contribution in [2.75, 3.05) is 4.90 Å². The van der Waals surface area contributed by atoms with Crippen molar-refractivity contribution in [3.05, 3.63) is 101 Å². The maximum absolute atomic E-state index is 13.7. The number of aromatic nitrogens is 2. The average molecular weight is 482 g/mol. The van der Waals surface area contributed by atoms with Gasteiger partial charge >= 0.3 is 0 Å². The van der Waals surface area contributed by atoms with Crippen LogP contribution in [0.1, 0.15) is 33.3 Å². The van der Waals surface area contributed by atoms with Crippen LogP contribution >= 0.6 is 11.3 Å². The van der Waals surface area contributed by atoms with Crippen LogP contribution in [0.25, 0.3) is 21.2 Å². The lowest BCUT2D eigenvalue weighted by molar-refractivity contribution is -0.117. The van der Waals surface area contributed by atoms with Crippen LogP contribution in [0.2, 0.25) is 0 Å². The molecule has 0 saturated carbocycles. The number of furan rings is 1. The first kappa shape index (κ1) is 21.2. The Morgan fingerprint density at radius 2 is 1.94 bits per heavy atom. The second-order valence-corrected chi connectivity index (χ2v) is 9.54. The molecule has 0 aliphatic carbocycles. The monoisotopic (exact) mass is 481 g/mol. The first-order valence-corrected chi connectivity index (χ1v) is 11.8. The van der Waals surface area contributed by atoms with Crippen molar-refractivity contribution < 1.29 is 19.1 Å². The number of anilines is 1. The molecule has 0 bridgehead atoms. The van der Waals surface area contributed by atoms with Crippen LogP contribution in [0.15, 0.2) is 82.7 Å². The summed E-state index contributed by atoms with van der Waals surface area (Å²) < 4.78 is 6.70. The van der Waals surface area contributed by atoms with E-state index < -0.39 is 23.5 Å². The summed E-state index contributed by atoms with van der Waals surface area (Å²) in [7, 11) is 0. The molecule has 1 aliphatic heterocycles. The number of hydrogen-bond donors (Lipinski definition) is 1. The molecule has 1 aliphatic rings. The summed E-state index contributed by atoms with van der Waals surface area (Å²) in [5.41, 5.74) is 3.92. The van der Waals surface area contributed by atoms with Gasteiger partial charge in [-0.2, -0.15) is 0 Å². The molecule has 6 rings (SSSR count). The number of pyridine rings is 1. The van der Waals surface area contributed by atoms with Crippen molar-refractivity contribution >= 4 is 49.3 Å². The second kappa shape index (κ2) is 7.89. The lowest BCUT2D eigenvalue weighted by atomic mass is 9.96. The molecule has 7 nitrogen and oxygen atoms in total. The Bertz CT molecular complexity index is 1650. The fourth-order valence-corrected chi connectivity index (χ4v) is 5.74. The van der Waals surface area contributed by atoms with Crippen molar-refractivity contribution in [1.82, 2.24) is 9.97 Å². The van der Waals surface area contributed by atoms with Gasteiger partial charge in [0.05, 0.1) is 21.8 Å². The molecule has 8 heteroatoms. The number of aliphatic hydroxyl groups excluding tert-OH is 1. The topological polar surface area (TPSA) is 96.5 Å². The molecular formula is C27H19N3O4S. The zero-order valence-electron chi connectivity index (χ0n) is 18.9. The van der Waals surface area contributed by atoms with E-state index in [4.69, 9.17) is 9.40 Å². The average Bonchev–Trinajstić information content (AvgIpc) is 3.54. The van der Waals surface area contributed by atoms with Gasteiger partial charge in [0.1, 0.15) is 5.58 Å². The minimum Gasteiger partial charge on any atom is -0.503 e. The SMILES string of the molecule is Cc1cc(C)c2nc(N3C(=O)C(O)=C(C(=O)c4cc5ccccc5o4)C3c3cccnc3)sc2c1. The van der Waals surface area contributed by atoms with Crippen LogP contribution in [0, 0.1) is 13.8 Å². The molecule has 3 aromatic heterocycles. The van der Waals surface area contributed by atoms with Gasteiger partial charge in [-0.3, -0.25) is 19.5 Å². The Labute approximate surface area is 204 Å². The minimum absolute atomic E-state index is 0.0482. The molecule has 4 heterocycles. The number of ketones is 1. The third-order valence-corrected chi connectivity index (χ3v) is 7.13. The summed E-state index contributed by atoms with van der Waals surface area (Å²) in [6, 6.07) is 15.5. The van der Waals surface area contributed by atoms with Gasteiger partial charge in [-0.25, -0.2) is 4.98 Å². The van der Waals surface area contributed by atoms with Crippen molar-refractivity contribution in [3.8, 4) is 0 Å². The highest BCUT2D eigenvalue weighted by Gasteiger charge is 2.46. The largest absolute Gasteiger partial charge is 0.503 e. The molecule has 0 radical (unpaired) electrons. The molecule has 5 aromatic rings. The van der Waals surface area contributed by atoms with Crippen LogP contribution in [0.4, 0.5) is 5.13 Å². The van der Waals surface area contributed by atoms with Crippen molar-refractivity contribution in [2.45, 2.75) is 19.9 Å². The number of carbonyl (C=O) groups excluding carboxylic acids is 2. The van der Waals surface area contributed by atoms with Crippen LogP contribution in [0.3, 0.4) is 0 Å². The molecule has 1 unspecified atom stereocenters. The predicted molar refractivity (Wildman–Crippen MR) is 134 cm³/mol. The summed E-state index contributed by atoms with van der Waals surface area (Å²) in [6.07, 6.45) is 3.19. The maximum Gasteiger partial charge on any atom is 0.296 e. The summed E-state index contributed by atoms with van der Waals surface area (Å²) in [5.74, 6) is -1.81. The summed E-state index contributed by atoms with van der Waals surface area (Å²) >= 11 is 1.34. The normalized spacial score (nSPS) is 16.1. The van der Waals surface area contributed by atoms with Crippen molar-refractivity contribution in [1.29, 1.82) is 0 Å². The van der Waals surface area contributed by atoms with Gasteiger partial charge in [-0.1, -0.05) is 41.7 Å². The fraction of sp³-hybridized carbons (Fsp3) is 0.111. The zero-order chi connectivity index (χ0) is 24.3. The number of Topliss-reactive ketones (excluding diaryl/α,β-unsaturated/α-hetero) is 1. The van der Waals surface area contributed by atoms with E-state index in [1.165, 1.54) is 16.2 Å². The van der Waals surface area contributed by atoms with E-state index in [1.807, 2.05) is 44.2 Å². The van der Waals surface area contributed by atoms with Crippen LogP contribution < -0.4 is 4.90 Å². The number of carbonyl (C=O) groups is 2. The number of thiazole rings is 1. The first-order valence-electron chi connectivity index (χ1n) is 11.0. The molecule has 0 fully saturated rings. The van der Waals surface area contributed by atoms with Crippen molar-refractivity contribution in [2.24, 2.45) is 0 Å². The van der Waals surface area contributed by atoms with E-state index in [0.717, 1.165) is 26.7 Å². The van der Waals surface area contributed by atoms with Gasteiger partial charge in [0.15, 0.2) is 16.7 Å². The molecule has 1 N–H and O–H groups in total. The third kappa shape index (κ3) is 3.33. The molecule has 1 atom stereocenters. The molecule has 1 amide bonds. The Balaban J connectivity index is 1.52. The maximum atomic E-state index is 13.7.